The van der Waals surface area contributed by atoms with Crippen molar-refractivity contribution in [1.29, 1.82) is 0 Å². The van der Waals surface area contributed by atoms with Gasteiger partial charge in [0.15, 0.2) is 5.96 Å². The number of ether oxygens (including phenoxy) is 1. The summed E-state index contributed by atoms with van der Waals surface area (Å²) >= 11 is 0. The van der Waals surface area contributed by atoms with Crippen molar-refractivity contribution >= 4 is 29.9 Å². The van der Waals surface area contributed by atoms with E-state index in [1.165, 1.54) is 38.2 Å². The van der Waals surface area contributed by atoms with Crippen LogP contribution in [0.4, 0.5) is 4.39 Å². The van der Waals surface area contributed by atoms with E-state index in [0.29, 0.717) is 24.2 Å². The smallest absolute Gasteiger partial charge is 0.191 e. The van der Waals surface area contributed by atoms with E-state index < -0.39 is 0 Å². The minimum absolute atomic E-state index is 0. The third kappa shape index (κ3) is 9.16. The molecule has 1 saturated carbocycles. The second-order valence-corrected chi connectivity index (χ2v) is 6.64. The fourth-order valence-electron chi connectivity index (χ4n) is 3.13. The molecule has 26 heavy (non-hydrogen) atoms. The maximum atomic E-state index is 13.6. The van der Waals surface area contributed by atoms with Gasteiger partial charge >= 0.3 is 0 Å². The number of aliphatic imine (C=N–C) groups is 1. The van der Waals surface area contributed by atoms with Crippen LogP contribution < -0.4 is 10.6 Å². The van der Waals surface area contributed by atoms with E-state index in [1.54, 1.807) is 19.2 Å². The Bertz CT molecular complexity index is 522. The van der Waals surface area contributed by atoms with Crippen LogP contribution in [0.5, 0.6) is 0 Å². The van der Waals surface area contributed by atoms with Crippen LogP contribution in [0.25, 0.3) is 0 Å². The van der Waals surface area contributed by atoms with E-state index >= 15 is 0 Å². The zero-order valence-corrected chi connectivity index (χ0v) is 18.1. The molecule has 148 valence electrons. The van der Waals surface area contributed by atoms with Gasteiger partial charge in [0.25, 0.3) is 0 Å². The molecular formula is C20H33FIN3O. The van der Waals surface area contributed by atoms with Gasteiger partial charge in [-0.1, -0.05) is 37.5 Å². The molecule has 1 aliphatic rings. The van der Waals surface area contributed by atoms with Gasteiger partial charge in [0.1, 0.15) is 5.82 Å². The number of nitrogens with one attached hydrogen (secondary N) is 2. The summed E-state index contributed by atoms with van der Waals surface area (Å²) in [6, 6.07) is 6.79. The summed E-state index contributed by atoms with van der Waals surface area (Å²) in [7, 11) is 1.73. The molecular weight excluding hydrogens is 444 g/mol. The molecule has 2 N–H and O–H groups in total. The number of rotatable bonds is 9. The number of hydrogen-bond donors (Lipinski definition) is 2. The van der Waals surface area contributed by atoms with Crippen molar-refractivity contribution in [3.8, 4) is 0 Å². The first-order valence-electron chi connectivity index (χ1n) is 9.59. The van der Waals surface area contributed by atoms with Gasteiger partial charge in [0.05, 0.1) is 6.10 Å². The second-order valence-electron chi connectivity index (χ2n) is 6.64. The number of halogens is 2. The molecule has 2 rings (SSSR count). The molecule has 0 aromatic heterocycles. The normalized spacial score (nSPS) is 15.4. The number of guanidine groups is 1. The van der Waals surface area contributed by atoms with Crippen LogP contribution >= 0.6 is 24.0 Å². The van der Waals surface area contributed by atoms with Gasteiger partial charge in [-0.25, -0.2) is 4.39 Å². The number of benzene rings is 1. The van der Waals surface area contributed by atoms with Crippen molar-refractivity contribution in [3.05, 3.63) is 35.6 Å². The molecule has 0 atom stereocenters. The van der Waals surface area contributed by atoms with Crippen LogP contribution in [0.2, 0.25) is 0 Å². The Balaban J connectivity index is 0.00000338. The third-order valence-electron chi connectivity index (χ3n) is 4.65. The predicted octanol–water partition coefficient (Wildman–Crippen LogP) is 4.63. The van der Waals surface area contributed by atoms with Crippen molar-refractivity contribution in [3.63, 3.8) is 0 Å². The Morgan fingerprint density at radius 1 is 1.12 bits per heavy atom. The molecule has 0 radical (unpaired) electrons. The largest absolute Gasteiger partial charge is 0.378 e. The average molecular weight is 477 g/mol. The van der Waals surface area contributed by atoms with E-state index in [0.717, 1.165) is 32.4 Å². The molecule has 0 aliphatic heterocycles. The van der Waals surface area contributed by atoms with Crippen LogP contribution in [0.1, 0.15) is 56.9 Å². The van der Waals surface area contributed by atoms with Gasteiger partial charge in [-0.2, -0.15) is 0 Å². The number of hydrogen-bond acceptors (Lipinski definition) is 2. The summed E-state index contributed by atoms with van der Waals surface area (Å²) in [5.74, 6) is 0.519. The highest BCUT2D eigenvalue weighted by atomic mass is 127. The molecule has 4 nitrogen and oxygen atoms in total. The average Bonchev–Trinajstić information content (AvgIpc) is 2.65. The lowest BCUT2D eigenvalue weighted by Crippen LogP contribution is -2.37. The first-order chi connectivity index (χ1) is 12.3. The molecule has 6 heteroatoms. The molecule has 0 heterocycles. The Kier molecular flexibility index (Phi) is 12.6. The predicted molar refractivity (Wildman–Crippen MR) is 117 cm³/mol. The van der Waals surface area contributed by atoms with E-state index in [9.17, 15) is 4.39 Å². The first kappa shape index (κ1) is 23.1. The molecule has 1 fully saturated rings. The van der Waals surface area contributed by atoms with E-state index in [4.69, 9.17) is 4.74 Å². The Morgan fingerprint density at radius 2 is 1.88 bits per heavy atom. The highest BCUT2D eigenvalue weighted by Crippen LogP contribution is 2.20. The summed E-state index contributed by atoms with van der Waals surface area (Å²) in [6.45, 7) is 2.17. The van der Waals surface area contributed by atoms with Gasteiger partial charge < -0.3 is 15.4 Å². The summed E-state index contributed by atoms with van der Waals surface area (Å²) in [4.78, 5) is 4.18. The summed E-state index contributed by atoms with van der Waals surface area (Å²) in [5, 5.41) is 6.42. The Hall–Kier alpha value is -0.890. The number of nitrogens with zero attached hydrogens (tertiary/aromatic N) is 1. The summed E-state index contributed by atoms with van der Waals surface area (Å²) in [5.41, 5.74) is 0.644. The van der Waals surface area contributed by atoms with Gasteiger partial charge in [-0.3, -0.25) is 4.99 Å². The van der Waals surface area contributed by atoms with Crippen LogP contribution in [-0.2, 0) is 11.3 Å². The molecule has 0 bridgehead atoms. The molecule has 0 unspecified atom stereocenters. The molecule has 0 spiro atoms. The monoisotopic (exact) mass is 477 g/mol. The van der Waals surface area contributed by atoms with Gasteiger partial charge in [-0.05, 0) is 38.2 Å². The minimum Gasteiger partial charge on any atom is -0.378 e. The fraction of sp³-hybridized carbons (Fsp3) is 0.650. The van der Waals surface area contributed by atoms with Crippen molar-refractivity contribution < 1.29 is 9.13 Å². The maximum Gasteiger partial charge on any atom is 0.191 e. The zero-order valence-electron chi connectivity index (χ0n) is 15.8. The van der Waals surface area contributed by atoms with E-state index in [1.807, 2.05) is 6.07 Å². The van der Waals surface area contributed by atoms with Crippen LogP contribution in [0.3, 0.4) is 0 Å². The lowest BCUT2D eigenvalue weighted by atomic mass is 9.98. The van der Waals surface area contributed by atoms with Crippen LogP contribution in [0.15, 0.2) is 29.3 Å². The zero-order chi connectivity index (χ0) is 17.7. The highest BCUT2D eigenvalue weighted by Gasteiger charge is 2.12. The topological polar surface area (TPSA) is 45.7 Å². The van der Waals surface area contributed by atoms with E-state index in [-0.39, 0.29) is 29.8 Å². The summed E-state index contributed by atoms with van der Waals surface area (Å²) in [6.07, 6.45) is 10.3. The lowest BCUT2D eigenvalue weighted by molar-refractivity contribution is 0.0264. The Labute approximate surface area is 174 Å². The minimum atomic E-state index is -0.191. The first-order valence-corrected chi connectivity index (χ1v) is 9.59. The van der Waals surface area contributed by atoms with Gasteiger partial charge in [-0.15, -0.1) is 24.0 Å². The quantitative estimate of drug-likeness (QED) is 0.236. The maximum absolute atomic E-state index is 13.6. The molecule has 0 saturated heterocycles. The van der Waals surface area contributed by atoms with Crippen molar-refractivity contribution in [1.82, 2.24) is 10.6 Å². The fourth-order valence-corrected chi connectivity index (χ4v) is 3.13. The molecule has 1 aromatic carbocycles. The Morgan fingerprint density at radius 3 is 2.62 bits per heavy atom. The summed E-state index contributed by atoms with van der Waals surface area (Å²) < 4.78 is 19.5. The molecule has 1 aliphatic carbocycles. The lowest BCUT2D eigenvalue weighted by Gasteiger charge is -2.21. The SMILES string of the molecule is CN=C(NCCCCCOC1CCCCC1)NCc1ccccc1F.I. The van der Waals surface area contributed by atoms with Crippen LogP contribution in [0, 0.1) is 5.82 Å². The molecule has 0 amide bonds. The van der Waals surface area contributed by atoms with Gasteiger partial charge in [0, 0.05) is 32.3 Å². The number of unbranched alkanes of at least 4 members (excludes halogenated alkanes) is 2. The van der Waals surface area contributed by atoms with Crippen molar-refractivity contribution in [2.45, 2.75) is 64.0 Å². The van der Waals surface area contributed by atoms with Crippen molar-refractivity contribution in [2.24, 2.45) is 4.99 Å². The van der Waals surface area contributed by atoms with E-state index in [2.05, 4.69) is 15.6 Å². The standard InChI is InChI=1S/C20H32FN3O.HI/c1-22-20(24-16-17-10-6-7-13-19(17)21)23-14-8-3-9-15-25-18-11-4-2-5-12-18;/h6-7,10,13,18H,2-5,8-9,11-12,14-16H2,1H3,(H2,22,23,24);1H. The third-order valence-corrected chi connectivity index (χ3v) is 4.65. The molecule has 1 aromatic rings. The van der Waals surface area contributed by atoms with Gasteiger partial charge in [0.2, 0.25) is 0 Å². The highest BCUT2D eigenvalue weighted by molar-refractivity contribution is 14.0. The van der Waals surface area contributed by atoms with Crippen LogP contribution in [-0.4, -0.2) is 32.3 Å². The van der Waals surface area contributed by atoms with Crippen molar-refractivity contribution in [2.75, 3.05) is 20.2 Å². The second kappa shape index (κ2) is 14.2.